The monoisotopic (exact) mass is 203 g/mol. The molecular formula is C14H21N. The van der Waals surface area contributed by atoms with E-state index in [0.29, 0.717) is 0 Å². The van der Waals surface area contributed by atoms with Gasteiger partial charge in [-0.3, -0.25) is 0 Å². The fraction of sp³-hybridized carbons (Fsp3) is 0.571. The summed E-state index contributed by atoms with van der Waals surface area (Å²) in [6.07, 6.45) is 7.65. The standard InChI is InChI=1S/C14H21N/c1-11(15)9-12-7-8-13-5-3-2-4-6-14(13)10-12/h7-8,10-11H,2-6,9,15H2,1H3. The van der Waals surface area contributed by atoms with E-state index in [1.807, 2.05) is 0 Å². The summed E-state index contributed by atoms with van der Waals surface area (Å²) in [4.78, 5) is 0. The Bertz CT molecular complexity index is 328. The molecule has 2 rings (SSSR count). The van der Waals surface area contributed by atoms with E-state index in [1.54, 1.807) is 11.1 Å². The van der Waals surface area contributed by atoms with Crippen molar-refractivity contribution in [1.29, 1.82) is 0 Å². The van der Waals surface area contributed by atoms with Crippen molar-refractivity contribution < 1.29 is 0 Å². The molecule has 1 heteroatoms. The molecule has 0 fully saturated rings. The normalized spacial score (nSPS) is 18.0. The van der Waals surface area contributed by atoms with Gasteiger partial charge in [-0.2, -0.15) is 0 Å². The van der Waals surface area contributed by atoms with E-state index >= 15 is 0 Å². The van der Waals surface area contributed by atoms with Crippen LogP contribution in [0.5, 0.6) is 0 Å². The van der Waals surface area contributed by atoms with Gasteiger partial charge in [-0.1, -0.05) is 24.6 Å². The van der Waals surface area contributed by atoms with Gasteiger partial charge in [0.05, 0.1) is 0 Å². The van der Waals surface area contributed by atoms with Crippen LogP contribution in [-0.4, -0.2) is 6.04 Å². The van der Waals surface area contributed by atoms with E-state index in [4.69, 9.17) is 5.73 Å². The molecule has 0 spiro atoms. The number of fused-ring (bicyclic) bond motifs is 1. The van der Waals surface area contributed by atoms with E-state index in [1.165, 1.54) is 37.7 Å². The fourth-order valence-corrected chi connectivity index (χ4v) is 2.46. The SMILES string of the molecule is CC(N)Cc1ccc2c(c1)CCCCC2. The van der Waals surface area contributed by atoms with Crippen LogP contribution in [-0.2, 0) is 19.3 Å². The van der Waals surface area contributed by atoms with Crippen molar-refractivity contribution in [1.82, 2.24) is 0 Å². The lowest BCUT2D eigenvalue weighted by molar-refractivity contribution is 0.711. The largest absolute Gasteiger partial charge is 0.328 e. The molecule has 82 valence electrons. The number of benzene rings is 1. The summed E-state index contributed by atoms with van der Waals surface area (Å²) in [5.41, 5.74) is 10.4. The first-order valence-electron chi connectivity index (χ1n) is 6.12. The van der Waals surface area contributed by atoms with Gasteiger partial charge in [-0.15, -0.1) is 0 Å². The molecule has 0 radical (unpaired) electrons. The Labute approximate surface area is 92.7 Å². The van der Waals surface area contributed by atoms with Crippen LogP contribution in [0.3, 0.4) is 0 Å². The van der Waals surface area contributed by atoms with E-state index < -0.39 is 0 Å². The average molecular weight is 203 g/mol. The first kappa shape index (κ1) is 10.7. The predicted octanol–water partition coefficient (Wildman–Crippen LogP) is 2.85. The maximum absolute atomic E-state index is 5.83. The highest BCUT2D eigenvalue weighted by Gasteiger charge is 2.08. The number of nitrogens with two attached hydrogens (primary N) is 1. The van der Waals surface area contributed by atoms with Gasteiger partial charge in [0.15, 0.2) is 0 Å². The molecule has 1 aliphatic carbocycles. The lowest BCUT2D eigenvalue weighted by Gasteiger charge is -2.10. The lowest BCUT2D eigenvalue weighted by atomic mass is 9.97. The summed E-state index contributed by atoms with van der Waals surface area (Å²) in [5, 5.41) is 0. The molecule has 1 aromatic rings. The van der Waals surface area contributed by atoms with Crippen LogP contribution in [0, 0.1) is 0 Å². The smallest absolute Gasteiger partial charge is 0.00509 e. The van der Waals surface area contributed by atoms with E-state index in [0.717, 1.165) is 6.42 Å². The zero-order valence-corrected chi connectivity index (χ0v) is 9.63. The van der Waals surface area contributed by atoms with Crippen LogP contribution in [0.4, 0.5) is 0 Å². The summed E-state index contributed by atoms with van der Waals surface area (Å²) in [7, 11) is 0. The summed E-state index contributed by atoms with van der Waals surface area (Å²) >= 11 is 0. The van der Waals surface area contributed by atoms with Gasteiger partial charge in [0.2, 0.25) is 0 Å². The Morgan fingerprint density at radius 1 is 1.13 bits per heavy atom. The van der Waals surface area contributed by atoms with Gasteiger partial charge in [0.25, 0.3) is 0 Å². The predicted molar refractivity (Wildman–Crippen MR) is 65.1 cm³/mol. The fourth-order valence-electron chi connectivity index (χ4n) is 2.46. The molecule has 1 unspecified atom stereocenters. The van der Waals surface area contributed by atoms with Crippen molar-refractivity contribution in [3.63, 3.8) is 0 Å². The first-order chi connectivity index (χ1) is 7.25. The summed E-state index contributed by atoms with van der Waals surface area (Å²) in [6, 6.07) is 7.23. The average Bonchev–Trinajstić information content (AvgIpc) is 2.41. The first-order valence-corrected chi connectivity index (χ1v) is 6.12. The topological polar surface area (TPSA) is 26.0 Å². The third-order valence-electron chi connectivity index (χ3n) is 3.22. The number of aryl methyl sites for hydroxylation is 2. The second kappa shape index (κ2) is 4.80. The highest BCUT2D eigenvalue weighted by molar-refractivity contribution is 5.33. The Balaban J connectivity index is 2.20. The van der Waals surface area contributed by atoms with Crippen molar-refractivity contribution in [2.24, 2.45) is 5.73 Å². The van der Waals surface area contributed by atoms with Crippen molar-refractivity contribution in [2.75, 3.05) is 0 Å². The molecule has 0 heterocycles. The molecule has 2 N–H and O–H groups in total. The Hall–Kier alpha value is -0.820. The van der Waals surface area contributed by atoms with Crippen LogP contribution < -0.4 is 5.73 Å². The quantitative estimate of drug-likeness (QED) is 0.735. The third kappa shape index (κ3) is 2.82. The minimum absolute atomic E-state index is 0.272. The van der Waals surface area contributed by atoms with Gasteiger partial charge in [-0.05, 0) is 55.7 Å². The maximum atomic E-state index is 5.83. The molecule has 1 nitrogen and oxygen atoms in total. The van der Waals surface area contributed by atoms with Crippen LogP contribution in [0.25, 0.3) is 0 Å². The second-order valence-corrected chi connectivity index (χ2v) is 4.85. The van der Waals surface area contributed by atoms with Crippen molar-refractivity contribution in [3.05, 3.63) is 34.9 Å². The minimum Gasteiger partial charge on any atom is -0.328 e. The molecule has 1 atom stereocenters. The molecule has 0 saturated heterocycles. The number of hydrogen-bond donors (Lipinski definition) is 1. The van der Waals surface area contributed by atoms with E-state index in [9.17, 15) is 0 Å². The van der Waals surface area contributed by atoms with Crippen LogP contribution >= 0.6 is 0 Å². The minimum atomic E-state index is 0.272. The molecular weight excluding hydrogens is 182 g/mol. The molecule has 0 bridgehead atoms. The maximum Gasteiger partial charge on any atom is 0.00509 e. The van der Waals surface area contributed by atoms with Crippen molar-refractivity contribution >= 4 is 0 Å². The van der Waals surface area contributed by atoms with E-state index in [2.05, 4.69) is 25.1 Å². The molecule has 1 aliphatic rings. The second-order valence-electron chi connectivity index (χ2n) is 4.85. The summed E-state index contributed by atoms with van der Waals surface area (Å²) in [5.74, 6) is 0. The molecule has 0 saturated carbocycles. The molecule has 0 amide bonds. The highest BCUT2D eigenvalue weighted by Crippen LogP contribution is 2.22. The van der Waals surface area contributed by atoms with Crippen molar-refractivity contribution in [2.45, 2.75) is 51.5 Å². The summed E-state index contributed by atoms with van der Waals surface area (Å²) in [6.45, 7) is 2.08. The molecule has 1 aromatic carbocycles. The van der Waals surface area contributed by atoms with Gasteiger partial charge in [0, 0.05) is 6.04 Å². The Kier molecular flexibility index (Phi) is 3.42. The zero-order chi connectivity index (χ0) is 10.7. The lowest BCUT2D eigenvalue weighted by Crippen LogP contribution is -2.17. The molecule has 0 aromatic heterocycles. The van der Waals surface area contributed by atoms with Gasteiger partial charge in [-0.25, -0.2) is 0 Å². The molecule has 15 heavy (non-hydrogen) atoms. The Morgan fingerprint density at radius 3 is 2.60 bits per heavy atom. The van der Waals surface area contributed by atoms with E-state index in [-0.39, 0.29) is 6.04 Å². The van der Waals surface area contributed by atoms with Gasteiger partial charge in [0.1, 0.15) is 0 Å². The van der Waals surface area contributed by atoms with Gasteiger partial charge < -0.3 is 5.73 Å². The number of rotatable bonds is 2. The Morgan fingerprint density at radius 2 is 1.87 bits per heavy atom. The zero-order valence-electron chi connectivity index (χ0n) is 9.63. The summed E-state index contributed by atoms with van der Waals surface area (Å²) < 4.78 is 0. The molecule has 0 aliphatic heterocycles. The van der Waals surface area contributed by atoms with Crippen molar-refractivity contribution in [3.8, 4) is 0 Å². The van der Waals surface area contributed by atoms with Crippen LogP contribution in [0.15, 0.2) is 18.2 Å². The van der Waals surface area contributed by atoms with Crippen LogP contribution in [0.1, 0.15) is 42.9 Å². The third-order valence-corrected chi connectivity index (χ3v) is 3.22. The number of hydrogen-bond acceptors (Lipinski definition) is 1. The van der Waals surface area contributed by atoms with Gasteiger partial charge >= 0.3 is 0 Å². The highest BCUT2D eigenvalue weighted by atomic mass is 14.6. The van der Waals surface area contributed by atoms with Crippen LogP contribution in [0.2, 0.25) is 0 Å².